The third-order valence-electron chi connectivity index (χ3n) is 3.44. The first-order chi connectivity index (χ1) is 6.24. The molecule has 0 unspecified atom stereocenters. The summed E-state index contributed by atoms with van der Waals surface area (Å²) in [7, 11) is -0.836. The topological polar surface area (TPSA) is 26.0 Å². The molecule has 0 atom stereocenters. The maximum Gasteiger partial charge on any atom is 0.0530 e. The highest BCUT2D eigenvalue weighted by atomic mass is 28.3. The molecule has 0 aromatic rings. The lowest BCUT2D eigenvalue weighted by molar-refractivity contribution is 0.784. The Morgan fingerprint density at radius 2 is 1.54 bits per heavy atom. The van der Waals surface area contributed by atoms with E-state index in [1.54, 1.807) is 0 Å². The minimum Gasteiger partial charge on any atom is -0.330 e. The highest BCUT2D eigenvalue weighted by Crippen LogP contribution is 2.28. The van der Waals surface area contributed by atoms with Crippen LogP contribution in [0.15, 0.2) is 0 Å². The van der Waals surface area contributed by atoms with Gasteiger partial charge in [0.25, 0.3) is 0 Å². The van der Waals surface area contributed by atoms with Crippen LogP contribution in [-0.2, 0) is 0 Å². The summed E-state index contributed by atoms with van der Waals surface area (Å²) < 4.78 is 0. The summed E-state index contributed by atoms with van der Waals surface area (Å²) in [6.45, 7) is 8.00. The van der Waals surface area contributed by atoms with Crippen molar-refractivity contribution in [2.75, 3.05) is 6.54 Å². The second-order valence-electron chi connectivity index (χ2n) is 4.20. The van der Waals surface area contributed by atoms with Gasteiger partial charge in [0.15, 0.2) is 0 Å². The van der Waals surface area contributed by atoms with E-state index in [4.69, 9.17) is 5.73 Å². The van der Waals surface area contributed by atoms with Gasteiger partial charge in [-0.15, -0.1) is 0 Å². The van der Waals surface area contributed by atoms with E-state index in [1.165, 1.54) is 43.4 Å². The van der Waals surface area contributed by atoms with Crippen LogP contribution in [-0.4, -0.2) is 14.6 Å². The van der Waals surface area contributed by atoms with E-state index in [2.05, 4.69) is 20.8 Å². The van der Waals surface area contributed by atoms with Crippen LogP contribution in [0, 0.1) is 0 Å². The SMILES string of the molecule is CCC[Si](CC)(CC)CCCCN. The van der Waals surface area contributed by atoms with E-state index in [0.29, 0.717) is 0 Å². The molecule has 0 bridgehead atoms. The predicted octanol–water partition coefficient (Wildman–Crippen LogP) is 3.62. The van der Waals surface area contributed by atoms with Crippen molar-refractivity contribution >= 4 is 8.07 Å². The molecule has 0 rings (SSSR count). The van der Waals surface area contributed by atoms with Crippen molar-refractivity contribution in [1.29, 1.82) is 0 Å². The van der Waals surface area contributed by atoms with Gasteiger partial charge in [-0.1, -0.05) is 57.8 Å². The van der Waals surface area contributed by atoms with E-state index in [9.17, 15) is 0 Å². The highest BCUT2D eigenvalue weighted by molar-refractivity contribution is 6.79. The molecule has 0 aliphatic rings. The molecule has 2 N–H and O–H groups in total. The summed E-state index contributed by atoms with van der Waals surface area (Å²) in [6, 6.07) is 6.00. The summed E-state index contributed by atoms with van der Waals surface area (Å²) >= 11 is 0. The molecule has 0 amide bonds. The van der Waals surface area contributed by atoms with Crippen molar-refractivity contribution in [3.05, 3.63) is 0 Å². The molecule has 0 radical (unpaired) electrons. The van der Waals surface area contributed by atoms with Crippen LogP contribution in [0.5, 0.6) is 0 Å². The van der Waals surface area contributed by atoms with Crippen LogP contribution in [0.25, 0.3) is 0 Å². The molecule has 0 saturated carbocycles. The zero-order chi connectivity index (χ0) is 10.2. The summed E-state index contributed by atoms with van der Waals surface area (Å²) in [4.78, 5) is 0. The first-order valence-electron chi connectivity index (χ1n) is 5.94. The molecule has 0 aliphatic heterocycles. The van der Waals surface area contributed by atoms with Crippen molar-refractivity contribution in [3.63, 3.8) is 0 Å². The summed E-state index contributed by atoms with van der Waals surface area (Å²) in [5, 5.41) is 0. The second kappa shape index (κ2) is 7.57. The maximum atomic E-state index is 5.53. The fourth-order valence-electron chi connectivity index (χ4n) is 2.26. The lowest BCUT2D eigenvalue weighted by Crippen LogP contribution is -2.31. The van der Waals surface area contributed by atoms with Gasteiger partial charge in [-0.25, -0.2) is 0 Å². The Labute approximate surface area is 85.1 Å². The Hall–Kier alpha value is 0.177. The van der Waals surface area contributed by atoms with Crippen molar-refractivity contribution in [2.24, 2.45) is 5.73 Å². The van der Waals surface area contributed by atoms with Gasteiger partial charge in [0.05, 0.1) is 8.07 Å². The Kier molecular flexibility index (Phi) is 7.67. The third-order valence-corrected chi connectivity index (χ3v) is 9.42. The number of hydrogen-bond acceptors (Lipinski definition) is 1. The minimum atomic E-state index is -0.836. The zero-order valence-corrected chi connectivity index (χ0v) is 10.7. The molecular formula is C11H27NSi. The predicted molar refractivity (Wildman–Crippen MR) is 64.9 cm³/mol. The van der Waals surface area contributed by atoms with Crippen LogP contribution < -0.4 is 5.73 Å². The Morgan fingerprint density at radius 1 is 0.923 bits per heavy atom. The molecule has 80 valence electrons. The number of nitrogens with two attached hydrogens (primary N) is 1. The number of rotatable bonds is 8. The van der Waals surface area contributed by atoms with Crippen LogP contribution in [0.3, 0.4) is 0 Å². The summed E-state index contributed by atoms with van der Waals surface area (Å²) in [5.74, 6) is 0. The molecule has 0 aliphatic carbocycles. The van der Waals surface area contributed by atoms with E-state index in [-0.39, 0.29) is 0 Å². The lowest BCUT2D eigenvalue weighted by Gasteiger charge is -2.29. The normalized spacial score (nSPS) is 12.0. The van der Waals surface area contributed by atoms with Gasteiger partial charge in [-0.05, 0) is 13.0 Å². The Morgan fingerprint density at radius 3 is 1.92 bits per heavy atom. The van der Waals surface area contributed by atoms with Gasteiger partial charge in [0.1, 0.15) is 0 Å². The molecule has 0 saturated heterocycles. The number of unbranched alkanes of at least 4 members (excludes halogenated alkanes) is 1. The number of hydrogen-bond donors (Lipinski definition) is 1. The monoisotopic (exact) mass is 201 g/mol. The molecular weight excluding hydrogens is 174 g/mol. The lowest BCUT2D eigenvalue weighted by atomic mass is 10.3. The molecule has 0 fully saturated rings. The summed E-state index contributed by atoms with van der Waals surface area (Å²) in [5.41, 5.74) is 5.53. The van der Waals surface area contributed by atoms with Gasteiger partial charge in [-0.2, -0.15) is 0 Å². The first-order valence-corrected chi connectivity index (χ1v) is 8.77. The van der Waals surface area contributed by atoms with Gasteiger partial charge >= 0.3 is 0 Å². The Bertz CT molecular complexity index is 111. The van der Waals surface area contributed by atoms with Gasteiger partial charge < -0.3 is 5.73 Å². The molecule has 2 heteroatoms. The van der Waals surface area contributed by atoms with Crippen LogP contribution in [0.2, 0.25) is 24.2 Å². The largest absolute Gasteiger partial charge is 0.330 e. The van der Waals surface area contributed by atoms with Crippen molar-refractivity contribution in [2.45, 2.75) is 64.2 Å². The average Bonchev–Trinajstić information content (AvgIpc) is 2.17. The fourth-order valence-corrected chi connectivity index (χ4v) is 6.48. The maximum absolute atomic E-state index is 5.53. The standard InChI is InChI=1S/C11H27NSi/c1-4-10-13(5-2,6-3)11-8-7-9-12/h4-12H2,1-3H3. The first kappa shape index (κ1) is 13.2. The quantitative estimate of drug-likeness (QED) is 0.471. The third kappa shape index (κ3) is 4.82. The van der Waals surface area contributed by atoms with Gasteiger partial charge in [0.2, 0.25) is 0 Å². The van der Waals surface area contributed by atoms with E-state index >= 15 is 0 Å². The van der Waals surface area contributed by atoms with Gasteiger partial charge in [-0.3, -0.25) is 0 Å². The van der Waals surface area contributed by atoms with Crippen molar-refractivity contribution in [3.8, 4) is 0 Å². The van der Waals surface area contributed by atoms with E-state index in [0.717, 1.165) is 6.54 Å². The van der Waals surface area contributed by atoms with Crippen molar-refractivity contribution in [1.82, 2.24) is 0 Å². The highest BCUT2D eigenvalue weighted by Gasteiger charge is 2.26. The van der Waals surface area contributed by atoms with Crippen LogP contribution in [0.1, 0.15) is 40.0 Å². The fraction of sp³-hybridized carbons (Fsp3) is 1.00. The Balaban J connectivity index is 3.89. The average molecular weight is 201 g/mol. The molecule has 13 heavy (non-hydrogen) atoms. The minimum absolute atomic E-state index is 0.836. The zero-order valence-electron chi connectivity index (χ0n) is 9.73. The molecule has 0 aromatic heterocycles. The molecule has 1 nitrogen and oxygen atoms in total. The molecule has 0 aromatic carbocycles. The van der Waals surface area contributed by atoms with E-state index in [1.807, 2.05) is 0 Å². The van der Waals surface area contributed by atoms with Crippen molar-refractivity contribution < 1.29 is 0 Å². The molecule has 0 spiro atoms. The van der Waals surface area contributed by atoms with Gasteiger partial charge in [0, 0.05) is 0 Å². The smallest absolute Gasteiger partial charge is 0.0530 e. The molecule has 0 heterocycles. The van der Waals surface area contributed by atoms with E-state index < -0.39 is 8.07 Å². The summed E-state index contributed by atoms with van der Waals surface area (Å²) in [6.07, 6.45) is 4.00. The van der Waals surface area contributed by atoms with Crippen LogP contribution >= 0.6 is 0 Å². The van der Waals surface area contributed by atoms with Crippen LogP contribution in [0.4, 0.5) is 0 Å². The second-order valence-corrected chi connectivity index (χ2v) is 9.62.